The summed E-state index contributed by atoms with van der Waals surface area (Å²) in [7, 11) is 1.88. The van der Waals surface area contributed by atoms with Crippen LogP contribution in [0.2, 0.25) is 0 Å². The van der Waals surface area contributed by atoms with E-state index in [-0.39, 0.29) is 18.0 Å². The Labute approximate surface area is 294 Å². The van der Waals surface area contributed by atoms with Crippen LogP contribution < -0.4 is 27.4 Å². The molecule has 0 aromatic heterocycles. The number of carbonyl (C=O) groups is 4. The van der Waals surface area contributed by atoms with Crippen molar-refractivity contribution in [2.75, 3.05) is 13.6 Å². The van der Waals surface area contributed by atoms with Crippen LogP contribution >= 0.6 is 0 Å². The first kappa shape index (κ1) is 48.4. The van der Waals surface area contributed by atoms with Gasteiger partial charge in [-0.2, -0.15) is 0 Å². The summed E-state index contributed by atoms with van der Waals surface area (Å²) in [5, 5.41) is 18.4. The number of benzene rings is 3. The number of aliphatic hydroxyl groups excluding tert-OH is 1. The average Bonchev–Trinajstić information content (AvgIpc) is 3.08. The molecule has 0 radical (unpaired) electrons. The Morgan fingerprint density at radius 3 is 1.96 bits per heavy atom. The van der Waals surface area contributed by atoms with E-state index in [0.717, 1.165) is 30.9 Å². The van der Waals surface area contributed by atoms with E-state index < -0.39 is 0 Å². The first-order chi connectivity index (χ1) is 23.6. The van der Waals surface area contributed by atoms with E-state index >= 15 is 0 Å². The fourth-order valence-corrected chi connectivity index (χ4v) is 3.97. The molecule has 1 unspecified atom stereocenters. The van der Waals surface area contributed by atoms with Gasteiger partial charge in [0.15, 0.2) is 0 Å². The lowest BCUT2D eigenvalue weighted by molar-refractivity contribution is -0.108. The van der Waals surface area contributed by atoms with Gasteiger partial charge in [0.05, 0.1) is 6.26 Å². The molecule has 0 heterocycles. The van der Waals surface area contributed by atoms with Crippen molar-refractivity contribution >= 4 is 35.3 Å². The molecular formula is C39H61N5O5. The highest BCUT2D eigenvalue weighted by atomic mass is 16.2. The number of primary amides is 1. The van der Waals surface area contributed by atoms with E-state index in [2.05, 4.69) is 84.2 Å². The third-order valence-electron chi connectivity index (χ3n) is 6.18. The molecule has 49 heavy (non-hydrogen) atoms. The molecule has 0 spiro atoms. The molecule has 3 aromatic rings. The zero-order valence-electron chi connectivity index (χ0n) is 30.3. The van der Waals surface area contributed by atoms with Crippen LogP contribution in [0.5, 0.6) is 0 Å². The molecule has 3 aromatic carbocycles. The quantitative estimate of drug-likeness (QED) is 0.0633. The normalized spacial score (nSPS) is 9.57. The number of carbonyl (C=O) groups excluding carboxylic acids is 4. The van der Waals surface area contributed by atoms with Gasteiger partial charge in [-0.1, -0.05) is 93.9 Å². The Kier molecular flexibility index (Phi) is 35.5. The van der Waals surface area contributed by atoms with Crippen molar-refractivity contribution in [3.8, 4) is 0 Å². The molecule has 0 bridgehead atoms. The number of aryl methyl sites for hydroxylation is 1. The number of aliphatic hydroxyl groups is 1. The molecule has 10 nitrogen and oxygen atoms in total. The maximum Gasteiger partial charge on any atom is 0.314 e. The first-order valence-electron chi connectivity index (χ1n) is 16.6. The zero-order chi connectivity index (χ0) is 37.7. The number of hydrogen-bond donors (Lipinski definition) is 6. The van der Waals surface area contributed by atoms with E-state index in [1.54, 1.807) is 12.1 Å². The number of hydrogen-bond acceptors (Lipinski definition) is 7. The van der Waals surface area contributed by atoms with Gasteiger partial charge in [-0.25, -0.2) is 4.79 Å². The van der Waals surface area contributed by atoms with Crippen molar-refractivity contribution in [2.45, 2.75) is 85.2 Å². The van der Waals surface area contributed by atoms with Crippen molar-refractivity contribution < 1.29 is 24.3 Å². The average molecular weight is 680 g/mol. The molecule has 10 heteroatoms. The number of urea groups is 1. The van der Waals surface area contributed by atoms with Crippen LogP contribution in [0.3, 0.4) is 0 Å². The van der Waals surface area contributed by atoms with Crippen molar-refractivity contribution in [1.82, 2.24) is 16.0 Å². The Balaban J connectivity index is -0.000000583. The fraction of sp³-hybridized carbons (Fsp3) is 0.385. The molecule has 0 fully saturated rings. The summed E-state index contributed by atoms with van der Waals surface area (Å²) in [6.45, 7) is 14.9. The summed E-state index contributed by atoms with van der Waals surface area (Å²) < 4.78 is 0. The second-order valence-corrected chi connectivity index (χ2v) is 10.4. The minimum absolute atomic E-state index is 0.0572. The minimum atomic E-state index is -0.383. The monoisotopic (exact) mass is 679 g/mol. The number of aldehydes is 2. The van der Waals surface area contributed by atoms with Crippen LogP contribution in [0, 0.1) is 0 Å². The highest BCUT2D eigenvalue weighted by molar-refractivity contribution is 5.92. The number of rotatable bonds is 13. The molecule has 1 atom stereocenters. The number of fused-ring (bicyclic) bond motifs is 1. The molecule has 3 rings (SSSR count). The Bertz CT molecular complexity index is 1270. The number of nitrogens with two attached hydrogens (primary N) is 2. The summed E-state index contributed by atoms with van der Waals surface area (Å²) in [6, 6.07) is 22.6. The predicted molar refractivity (Wildman–Crippen MR) is 205 cm³/mol. The molecule has 0 aliphatic heterocycles. The fourth-order valence-electron chi connectivity index (χ4n) is 3.97. The predicted octanol–water partition coefficient (Wildman–Crippen LogP) is 7.12. The van der Waals surface area contributed by atoms with Gasteiger partial charge in [-0.05, 0) is 87.3 Å². The summed E-state index contributed by atoms with van der Waals surface area (Å²) in [4.78, 5) is 40.4. The van der Waals surface area contributed by atoms with Crippen molar-refractivity contribution in [3.05, 3.63) is 109 Å². The van der Waals surface area contributed by atoms with Crippen LogP contribution in [-0.2, 0) is 22.6 Å². The third-order valence-corrected chi connectivity index (χ3v) is 6.18. The van der Waals surface area contributed by atoms with Gasteiger partial charge < -0.3 is 42.1 Å². The second kappa shape index (κ2) is 35.9. The third kappa shape index (κ3) is 30.1. The smallest absolute Gasteiger partial charge is 0.314 e. The molecule has 8 N–H and O–H groups in total. The number of amides is 3. The lowest BCUT2D eigenvalue weighted by Gasteiger charge is -2.12. The van der Waals surface area contributed by atoms with Crippen LogP contribution in [0.25, 0.3) is 10.8 Å². The largest absolute Gasteiger partial charge is 0.516 e. The van der Waals surface area contributed by atoms with E-state index in [4.69, 9.17) is 15.6 Å². The molecular weight excluding hydrogens is 618 g/mol. The molecule has 0 aliphatic carbocycles. The second-order valence-electron chi connectivity index (χ2n) is 10.4. The van der Waals surface area contributed by atoms with E-state index in [9.17, 15) is 14.4 Å². The van der Waals surface area contributed by atoms with Crippen LogP contribution in [0.1, 0.15) is 87.7 Å². The van der Waals surface area contributed by atoms with E-state index in [1.165, 1.54) is 61.6 Å². The van der Waals surface area contributed by atoms with Crippen LogP contribution in [0.15, 0.2) is 92.3 Å². The molecule has 272 valence electrons. The first-order valence-corrected chi connectivity index (χ1v) is 16.6. The summed E-state index contributed by atoms with van der Waals surface area (Å²) in [6.07, 6.45) is 11.4. The van der Waals surface area contributed by atoms with Gasteiger partial charge in [0.2, 0.25) is 5.91 Å². The zero-order valence-corrected chi connectivity index (χ0v) is 30.3. The highest BCUT2D eigenvalue weighted by Crippen LogP contribution is 2.17. The number of unbranched alkanes of at least 4 members (excludes halogenated alkanes) is 3. The standard InChI is InChI=1S/C16H20.C9H12N2O.C8H16N2O2.C2H5N.2C2H4O/c1-2-3-4-5-8-14-11-12-15-9-6-7-10-16(15)13-14;1-11-6-7-2-4-8(5-3-7)9(10)12;1-3-9-8(12)10-7(2)5-4-6-11;3*1-2-3/h6-7,9-13H,2-5,8H2,1H3;2-5,11H,6H2,1H3,(H2,10,12);6-7H,3-5H2,1-2H3,(H2,9,10,12);2H,1,3H2;2H,1H3;2-3H,1H2. The van der Waals surface area contributed by atoms with E-state index in [1.807, 2.05) is 33.0 Å². The lowest BCUT2D eigenvalue weighted by atomic mass is 10.0. The Morgan fingerprint density at radius 2 is 1.47 bits per heavy atom. The van der Waals surface area contributed by atoms with Gasteiger partial charge >= 0.3 is 6.03 Å². The van der Waals surface area contributed by atoms with Gasteiger partial charge in [-0.15, -0.1) is 0 Å². The van der Waals surface area contributed by atoms with Gasteiger partial charge in [0.1, 0.15) is 12.6 Å². The maximum atomic E-state index is 10.9. The van der Waals surface area contributed by atoms with Crippen molar-refractivity contribution in [3.63, 3.8) is 0 Å². The van der Waals surface area contributed by atoms with Crippen molar-refractivity contribution in [2.24, 2.45) is 11.5 Å². The molecule has 3 amide bonds. The van der Waals surface area contributed by atoms with Crippen LogP contribution in [-0.4, -0.2) is 49.3 Å². The summed E-state index contributed by atoms with van der Waals surface area (Å²) in [5.41, 5.74) is 12.9. The van der Waals surface area contributed by atoms with Crippen LogP contribution in [0.4, 0.5) is 4.79 Å². The van der Waals surface area contributed by atoms with Gasteiger partial charge in [0, 0.05) is 31.1 Å². The molecule has 0 aliphatic rings. The number of nitrogens with one attached hydrogen (secondary N) is 3. The Morgan fingerprint density at radius 1 is 0.918 bits per heavy atom. The summed E-state index contributed by atoms with van der Waals surface area (Å²) in [5.74, 6) is -0.383. The van der Waals surface area contributed by atoms with Gasteiger partial charge in [0.25, 0.3) is 0 Å². The molecule has 0 saturated carbocycles. The Hall–Kier alpha value is -4.96. The topological polar surface area (TPSA) is 177 Å². The maximum absolute atomic E-state index is 10.9. The van der Waals surface area contributed by atoms with Crippen molar-refractivity contribution in [1.29, 1.82) is 0 Å². The molecule has 0 saturated heterocycles. The highest BCUT2D eigenvalue weighted by Gasteiger charge is 2.04. The SMILES string of the molecule is C=CN.C=CO.CC=O.CCCCCCc1ccc2ccccc2c1.CCNC(=O)NC(C)CCC=O.CNCc1ccc(C(N)=O)cc1. The lowest BCUT2D eigenvalue weighted by Crippen LogP contribution is -2.40. The van der Waals surface area contributed by atoms with E-state index in [0.29, 0.717) is 24.9 Å². The minimum Gasteiger partial charge on any atom is -0.516 e. The van der Waals surface area contributed by atoms with Gasteiger partial charge in [-0.3, -0.25) is 4.79 Å². The summed E-state index contributed by atoms with van der Waals surface area (Å²) >= 11 is 0.